The molecule has 0 aromatic rings. The maximum absolute atomic E-state index is 11.9. The Morgan fingerprint density at radius 1 is 1.43 bits per heavy atom. The first-order valence-electron chi connectivity index (χ1n) is 4.04. The summed E-state index contributed by atoms with van der Waals surface area (Å²) < 4.78 is 36.5. The molecule has 80 valence electrons. The van der Waals surface area contributed by atoms with Crippen molar-refractivity contribution in [2.45, 2.75) is 19.0 Å². The van der Waals surface area contributed by atoms with Crippen LogP contribution >= 0.6 is 15.9 Å². The normalized spacial score (nSPS) is 18.1. The molecule has 14 heavy (non-hydrogen) atoms. The van der Waals surface area contributed by atoms with Gasteiger partial charge in [-0.25, -0.2) is 0 Å². The number of hydrogen-bond acceptors (Lipinski definition) is 2. The van der Waals surface area contributed by atoms with Crippen LogP contribution in [0.25, 0.3) is 0 Å². The second kappa shape index (κ2) is 4.25. The van der Waals surface area contributed by atoms with Gasteiger partial charge in [-0.2, -0.15) is 13.2 Å². The van der Waals surface area contributed by atoms with Crippen molar-refractivity contribution in [3.63, 3.8) is 0 Å². The minimum Gasteiger partial charge on any atom is -0.400 e. The van der Waals surface area contributed by atoms with E-state index in [2.05, 4.69) is 21.2 Å². The van der Waals surface area contributed by atoms with Crippen molar-refractivity contribution in [3.05, 3.63) is 22.0 Å². The highest BCUT2D eigenvalue weighted by Crippen LogP contribution is 2.24. The summed E-state index contributed by atoms with van der Waals surface area (Å²) in [6.07, 6.45) is -1.31. The first-order chi connectivity index (χ1) is 6.38. The Balaban J connectivity index is 2.60. The molecule has 0 saturated carbocycles. The molecule has 1 rings (SSSR count). The Bertz CT molecular complexity index is 281. The van der Waals surface area contributed by atoms with Crippen molar-refractivity contribution in [1.29, 1.82) is 0 Å². The lowest BCUT2D eigenvalue weighted by Crippen LogP contribution is -2.30. The molecule has 1 aliphatic rings. The quantitative estimate of drug-likeness (QED) is 0.809. The van der Waals surface area contributed by atoms with Gasteiger partial charge in [-0.3, -0.25) is 0 Å². The van der Waals surface area contributed by atoms with E-state index in [1.807, 2.05) is 0 Å². The molecule has 0 heterocycles. The van der Waals surface area contributed by atoms with E-state index in [0.29, 0.717) is 17.8 Å². The molecule has 1 aliphatic carbocycles. The topological polar surface area (TPSA) is 38.0 Å². The van der Waals surface area contributed by atoms with Crippen LogP contribution in [0.3, 0.4) is 0 Å². The van der Waals surface area contributed by atoms with Crippen LogP contribution in [0.5, 0.6) is 0 Å². The fourth-order valence-electron chi connectivity index (χ4n) is 1.07. The Morgan fingerprint density at radius 3 is 2.64 bits per heavy atom. The number of nitrogens with one attached hydrogen (secondary N) is 1. The summed E-state index contributed by atoms with van der Waals surface area (Å²) in [5.41, 5.74) is 6.39. The molecule has 6 heteroatoms. The largest absolute Gasteiger partial charge is 0.405 e. The molecule has 0 fully saturated rings. The average Bonchev–Trinajstić information content (AvgIpc) is 2.05. The monoisotopic (exact) mass is 270 g/mol. The highest BCUT2D eigenvalue weighted by Gasteiger charge is 2.27. The maximum Gasteiger partial charge on any atom is 0.405 e. The summed E-state index contributed by atoms with van der Waals surface area (Å²) in [7, 11) is 0. The van der Waals surface area contributed by atoms with Crippen molar-refractivity contribution in [2.75, 3.05) is 6.54 Å². The van der Waals surface area contributed by atoms with E-state index < -0.39 is 12.7 Å². The summed E-state index contributed by atoms with van der Waals surface area (Å²) in [5, 5.41) is 2.26. The molecule has 0 saturated heterocycles. The third-order valence-electron chi connectivity index (χ3n) is 1.76. The van der Waals surface area contributed by atoms with E-state index in [9.17, 15) is 13.2 Å². The molecule has 0 bridgehead atoms. The van der Waals surface area contributed by atoms with Crippen LogP contribution in [0.2, 0.25) is 0 Å². The molecule has 0 radical (unpaired) electrons. The minimum absolute atomic E-state index is 0.362. The van der Waals surface area contributed by atoms with Gasteiger partial charge in [0.05, 0.1) is 5.70 Å². The van der Waals surface area contributed by atoms with Crippen LogP contribution < -0.4 is 11.1 Å². The third kappa shape index (κ3) is 3.61. The van der Waals surface area contributed by atoms with Gasteiger partial charge in [-0.15, -0.1) is 0 Å². The predicted molar refractivity (Wildman–Crippen MR) is 51.5 cm³/mol. The fourth-order valence-corrected chi connectivity index (χ4v) is 1.50. The van der Waals surface area contributed by atoms with Crippen molar-refractivity contribution in [2.24, 2.45) is 5.73 Å². The minimum atomic E-state index is -4.22. The van der Waals surface area contributed by atoms with Crippen molar-refractivity contribution in [1.82, 2.24) is 5.32 Å². The Kier molecular flexibility index (Phi) is 3.47. The highest BCUT2D eigenvalue weighted by atomic mass is 79.9. The number of alkyl halides is 3. The van der Waals surface area contributed by atoms with Gasteiger partial charge in [0.25, 0.3) is 0 Å². The summed E-state index contributed by atoms with van der Waals surface area (Å²) >= 11 is 3.23. The molecular formula is C8H10BrF3N2. The number of rotatable bonds is 2. The maximum atomic E-state index is 11.9. The van der Waals surface area contributed by atoms with E-state index >= 15 is 0 Å². The molecule has 0 spiro atoms. The molecule has 0 unspecified atom stereocenters. The summed E-state index contributed by atoms with van der Waals surface area (Å²) in [6.45, 7) is -1.06. The van der Waals surface area contributed by atoms with E-state index in [-0.39, 0.29) is 0 Å². The smallest absolute Gasteiger partial charge is 0.400 e. The number of hydrogen-bond donors (Lipinski definition) is 2. The van der Waals surface area contributed by atoms with Crippen molar-refractivity contribution in [3.8, 4) is 0 Å². The number of allylic oxidation sites excluding steroid dienone is 3. The van der Waals surface area contributed by atoms with Gasteiger partial charge in [0.15, 0.2) is 0 Å². The molecule has 0 aromatic carbocycles. The molecule has 3 N–H and O–H groups in total. The van der Waals surface area contributed by atoms with Crippen LogP contribution in [0.4, 0.5) is 13.2 Å². The van der Waals surface area contributed by atoms with Gasteiger partial charge in [-0.1, -0.05) is 15.9 Å². The van der Waals surface area contributed by atoms with Crippen LogP contribution in [-0.4, -0.2) is 12.7 Å². The lowest BCUT2D eigenvalue weighted by Gasteiger charge is -2.17. The third-order valence-corrected chi connectivity index (χ3v) is 2.38. The zero-order valence-electron chi connectivity index (χ0n) is 7.29. The Hall–Kier alpha value is -0.650. The molecule has 0 atom stereocenters. The summed E-state index contributed by atoms with van der Waals surface area (Å²) in [4.78, 5) is 0. The van der Waals surface area contributed by atoms with Crippen LogP contribution in [0.1, 0.15) is 12.8 Å². The van der Waals surface area contributed by atoms with Crippen LogP contribution in [-0.2, 0) is 0 Å². The van der Waals surface area contributed by atoms with Gasteiger partial charge >= 0.3 is 6.18 Å². The predicted octanol–water partition coefficient (Wildman–Crippen LogP) is 2.38. The standard InChI is InChI=1S/C8H10BrF3N2/c9-5-1-2-6(13)7(3-5)14-4-8(10,11)12/h3,14H,1-2,4,13H2. The van der Waals surface area contributed by atoms with Gasteiger partial charge in [-0.05, 0) is 23.4 Å². The Labute approximate surface area is 88.2 Å². The highest BCUT2D eigenvalue weighted by molar-refractivity contribution is 9.11. The summed E-state index contributed by atoms with van der Waals surface area (Å²) in [6, 6.07) is 0. The SMILES string of the molecule is NC1=C(NCC(F)(F)F)C=C(Br)CC1. The second-order valence-electron chi connectivity index (χ2n) is 3.00. The molecule has 0 aromatic heterocycles. The van der Waals surface area contributed by atoms with Gasteiger partial charge in [0, 0.05) is 5.70 Å². The van der Waals surface area contributed by atoms with Crippen molar-refractivity contribution >= 4 is 15.9 Å². The lowest BCUT2D eigenvalue weighted by atomic mass is 10.1. The number of nitrogens with two attached hydrogens (primary N) is 1. The zero-order valence-corrected chi connectivity index (χ0v) is 8.87. The molecule has 0 amide bonds. The van der Waals surface area contributed by atoms with E-state index in [1.54, 1.807) is 6.08 Å². The molecule has 2 nitrogen and oxygen atoms in total. The second-order valence-corrected chi connectivity index (χ2v) is 4.02. The van der Waals surface area contributed by atoms with Crippen LogP contribution in [0, 0.1) is 0 Å². The Morgan fingerprint density at radius 2 is 2.07 bits per heavy atom. The lowest BCUT2D eigenvalue weighted by molar-refractivity contribution is -0.123. The molecule has 0 aliphatic heterocycles. The van der Waals surface area contributed by atoms with E-state index in [0.717, 1.165) is 10.9 Å². The number of halogens is 4. The fraction of sp³-hybridized carbons (Fsp3) is 0.500. The van der Waals surface area contributed by atoms with E-state index in [1.165, 1.54) is 0 Å². The molecular weight excluding hydrogens is 261 g/mol. The van der Waals surface area contributed by atoms with Crippen LogP contribution in [0.15, 0.2) is 22.0 Å². The first kappa shape index (κ1) is 11.4. The zero-order chi connectivity index (χ0) is 10.8. The van der Waals surface area contributed by atoms with Gasteiger partial charge in [0.1, 0.15) is 6.54 Å². The first-order valence-corrected chi connectivity index (χ1v) is 4.83. The van der Waals surface area contributed by atoms with E-state index in [4.69, 9.17) is 5.73 Å². The van der Waals surface area contributed by atoms with Gasteiger partial charge < -0.3 is 11.1 Å². The van der Waals surface area contributed by atoms with Crippen molar-refractivity contribution < 1.29 is 13.2 Å². The summed E-state index contributed by atoms with van der Waals surface area (Å²) in [5.74, 6) is 0. The average molecular weight is 271 g/mol. The van der Waals surface area contributed by atoms with Gasteiger partial charge in [0.2, 0.25) is 0 Å².